The van der Waals surface area contributed by atoms with Crippen LogP contribution in [-0.2, 0) is 13.6 Å². The van der Waals surface area contributed by atoms with E-state index in [2.05, 4.69) is 22.4 Å². The third-order valence-electron chi connectivity index (χ3n) is 3.38. The fourth-order valence-corrected chi connectivity index (χ4v) is 2.16. The number of aryl methyl sites for hydroxylation is 2. The molecule has 0 spiro atoms. The van der Waals surface area contributed by atoms with Crippen LogP contribution in [0.5, 0.6) is 0 Å². The number of alkyl halides is 2. The van der Waals surface area contributed by atoms with Crippen molar-refractivity contribution in [3.63, 3.8) is 0 Å². The first-order valence-corrected chi connectivity index (χ1v) is 7.09. The topological polar surface area (TPSA) is 64.7 Å². The van der Waals surface area contributed by atoms with E-state index in [4.69, 9.17) is 0 Å². The first-order chi connectivity index (χ1) is 10.4. The molecule has 0 fully saturated rings. The highest BCUT2D eigenvalue weighted by atomic mass is 19.3. The van der Waals surface area contributed by atoms with E-state index in [1.165, 1.54) is 24.1 Å². The fourth-order valence-electron chi connectivity index (χ4n) is 2.16. The van der Waals surface area contributed by atoms with Gasteiger partial charge >= 0.3 is 0 Å². The number of amides is 1. The molecule has 0 aromatic carbocycles. The second-order valence-electron chi connectivity index (χ2n) is 5.08. The minimum absolute atomic E-state index is 0.0169. The smallest absolute Gasteiger partial charge is 0.284 e. The van der Waals surface area contributed by atoms with Crippen LogP contribution in [0.15, 0.2) is 12.4 Å². The molecule has 2 rings (SSSR count). The van der Waals surface area contributed by atoms with Gasteiger partial charge in [-0.1, -0.05) is 13.3 Å². The Balaban J connectivity index is 2.18. The standard InChI is InChI=1S/C14H19F2N5O/c1-4-5-6-21-9(2)10(7-17-21)14(22)18-11-8-20(3)19-12(11)13(15)16/h7-8,13H,4-6H2,1-3H3,(H,18,22). The van der Waals surface area contributed by atoms with Gasteiger partial charge in [-0.15, -0.1) is 0 Å². The van der Waals surface area contributed by atoms with E-state index in [0.29, 0.717) is 11.3 Å². The van der Waals surface area contributed by atoms with Crippen molar-refractivity contribution in [2.75, 3.05) is 5.32 Å². The maximum Gasteiger partial charge on any atom is 0.284 e. The lowest BCUT2D eigenvalue weighted by atomic mass is 10.2. The number of hydrogen-bond donors (Lipinski definition) is 1. The van der Waals surface area contributed by atoms with Crippen LogP contribution in [0.4, 0.5) is 14.5 Å². The summed E-state index contributed by atoms with van der Waals surface area (Å²) in [5, 5.41) is 10.3. The molecule has 0 saturated carbocycles. The van der Waals surface area contributed by atoms with Gasteiger partial charge in [-0.3, -0.25) is 14.2 Å². The summed E-state index contributed by atoms with van der Waals surface area (Å²) in [5.74, 6) is -0.463. The molecule has 0 radical (unpaired) electrons. The summed E-state index contributed by atoms with van der Waals surface area (Å²) in [6.45, 7) is 4.58. The summed E-state index contributed by atoms with van der Waals surface area (Å²) in [4.78, 5) is 12.3. The monoisotopic (exact) mass is 311 g/mol. The Morgan fingerprint density at radius 3 is 2.82 bits per heavy atom. The molecule has 2 aromatic rings. The first kappa shape index (κ1) is 16.1. The number of carbonyl (C=O) groups is 1. The molecule has 2 heterocycles. The van der Waals surface area contributed by atoms with Crippen LogP contribution in [0.2, 0.25) is 0 Å². The molecule has 0 aliphatic rings. The predicted octanol–water partition coefficient (Wildman–Crippen LogP) is 2.92. The average molecular weight is 311 g/mol. The van der Waals surface area contributed by atoms with Gasteiger partial charge in [0.2, 0.25) is 0 Å². The van der Waals surface area contributed by atoms with Crippen LogP contribution in [0, 0.1) is 6.92 Å². The highest BCUT2D eigenvalue weighted by Gasteiger charge is 2.21. The zero-order valence-electron chi connectivity index (χ0n) is 12.8. The minimum atomic E-state index is -2.75. The van der Waals surface area contributed by atoms with Gasteiger partial charge in [-0.25, -0.2) is 8.78 Å². The Kier molecular flexibility index (Phi) is 4.89. The number of halogens is 2. The number of hydrogen-bond acceptors (Lipinski definition) is 3. The quantitative estimate of drug-likeness (QED) is 0.892. The van der Waals surface area contributed by atoms with Crippen LogP contribution in [-0.4, -0.2) is 25.5 Å². The van der Waals surface area contributed by atoms with E-state index in [-0.39, 0.29) is 5.69 Å². The number of nitrogens with zero attached hydrogens (tertiary/aromatic N) is 4. The zero-order chi connectivity index (χ0) is 16.3. The van der Waals surface area contributed by atoms with Crippen molar-refractivity contribution < 1.29 is 13.6 Å². The maximum absolute atomic E-state index is 12.9. The predicted molar refractivity (Wildman–Crippen MR) is 78.0 cm³/mol. The molecule has 0 aliphatic carbocycles. The van der Waals surface area contributed by atoms with Crippen molar-refractivity contribution >= 4 is 11.6 Å². The molecule has 120 valence electrons. The first-order valence-electron chi connectivity index (χ1n) is 7.09. The maximum atomic E-state index is 12.9. The fraction of sp³-hybridized carbons (Fsp3) is 0.500. The Labute approximate surface area is 127 Å². The SMILES string of the molecule is CCCCn1ncc(C(=O)Nc2cn(C)nc2C(F)F)c1C. The highest BCUT2D eigenvalue weighted by molar-refractivity contribution is 6.05. The van der Waals surface area contributed by atoms with Crippen LogP contribution in [0.1, 0.15) is 47.9 Å². The number of aromatic nitrogens is 4. The van der Waals surface area contributed by atoms with Crippen molar-refractivity contribution in [1.82, 2.24) is 19.6 Å². The summed E-state index contributed by atoms with van der Waals surface area (Å²) < 4.78 is 28.7. The van der Waals surface area contributed by atoms with Gasteiger partial charge in [0.05, 0.1) is 17.4 Å². The van der Waals surface area contributed by atoms with E-state index in [1.807, 2.05) is 0 Å². The second kappa shape index (κ2) is 6.67. The van der Waals surface area contributed by atoms with Crippen molar-refractivity contribution in [2.24, 2.45) is 7.05 Å². The number of unbranched alkanes of at least 4 members (excludes halogenated alkanes) is 1. The molecule has 8 heteroatoms. The van der Waals surface area contributed by atoms with Crippen molar-refractivity contribution in [3.8, 4) is 0 Å². The van der Waals surface area contributed by atoms with Crippen molar-refractivity contribution in [1.29, 1.82) is 0 Å². The van der Waals surface area contributed by atoms with E-state index in [9.17, 15) is 13.6 Å². The Morgan fingerprint density at radius 2 is 2.18 bits per heavy atom. The lowest BCUT2D eigenvalue weighted by Gasteiger charge is -2.06. The van der Waals surface area contributed by atoms with Gasteiger partial charge < -0.3 is 5.32 Å². The minimum Gasteiger partial charge on any atom is -0.319 e. The van der Waals surface area contributed by atoms with Crippen LogP contribution in [0.3, 0.4) is 0 Å². The molecule has 0 saturated heterocycles. The Hall–Kier alpha value is -2.25. The van der Waals surface area contributed by atoms with E-state index in [0.717, 1.165) is 19.4 Å². The van der Waals surface area contributed by atoms with Gasteiger partial charge in [0.25, 0.3) is 12.3 Å². The Bertz CT molecular complexity index is 662. The summed E-state index contributed by atoms with van der Waals surface area (Å²) in [5.41, 5.74) is 0.670. The summed E-state index contributed by atoms with van der Waals surface area (Å²) in [6.07, 6.45) is 2.05. The molecular weight excluding hydrogens is 292 g/mol. The molecule has 1 amide bonds. The van der Waals surface area contributed by atoms with Crippen LogP contribution in [0.25, 0.3) is 0 Å². The van der Waals surface area contributed by atoms with E-state index in [1.54, 1.807) is 11.6 Å². The normalized spacial score (nSPS) is 11.2. The molecule has 0 aliphatic heterocycles. The second-order valence-corrected chi connectivity index (χ2v) is 5.08. The number of anilines is 1. The number of rotatable bonds is 6. The van der Waals surface area contributed by atoms with Gasteiger partial charge in [0.15, 0.2) is 5.69 Å². The molecule has 0 bridgehead atoms. The van der Waals surface area contributed by atoms with Crippen LogP contribution < -0.4 is 5.32 Å². The summed E-state index contributed by atoms with van der Waals surface area (Å²) in [6, 6.07) is 0. The number of carbonyl (C=O) groups excluding carboxylic acids is 1. The summed E-state index contributed by atoms with van der Waals surface area (Å²) >= 11 is 0. The molecule has 22 heavy (non-hydrogen) atoms. The highest BCUT2D eigenvalue weighted by Crippen LogP contribution is 2.25. The molecule has 2 aromatic heterocycles. The lowest BCUT2D eigenvalue weighted by Crippen LogP contribution is -2.14. The van der Waals surface area contributed by atoms with Crippen LogP contribution >= 0.6 is 0 Å². The molecule has 6 nitrogen and oxygen atoms in total. The lowest BCUT2D eigenvalue weighted by molar-refractivity contribution is 0.102. The molecular formula is C14H19F2N5O. The van der Waals surface area contributed by atoms with E-state index >= 15 is 0 Å². The van der Waals surface area contributed by atoms with Gasteiger partial charge in [-0.2, -0.15) is 10.2 Å². The largest absolute Gasteiger partial charge is 0.319 e. The molecule has 0 atom stereocenters. The Morgan fingerprint density at radius 1 is 1.45 bits per heavy atom. The van der Waals surface area contributed by atoms with Gasteiger partial charge in [-0.05, 0) is 13.3 Å². The van der Waals surface area contributed by atoms with Crippen molar-refractivity contribution in [2.45, 2.75) is 39.7 Å². The third-order valence-corrected chi connectivity index (χ3v) is 3.38. The zero-order valence-corrected chi connectivity index (χ0v) is 12.8. The van der Waals surface area contributed by atoms with Crippen molar-refractivity contribution in [3.05, 3.63) is 29.3 Å². The number of nitrogens with one attached hydrogen (secondary N) is 1. The summed E-state index contributed by atoms with van der Waals surface area (Å²) in [7, 11) is 1.52. The van der Waals surface area contributed by atoms with E-state index < -0.39 is 18.0 Å². The third kappa shape index (κ3) is 3.32. The average Bonchev–Trinajstić information content (AvgIpc) is 3.00. The molecule has 0 unspecified atom stereocenters. The van der Waals surface area contributed by atoms with Gasteiger partial charge in [0, 0.05) is 25.5 Å². The molecule has 1 N–H and O–H groups in total. The van der Waals surface area contributed by atoms with Gasteiger partial charge in [0.1, 0.15) is 0 Å².